The first-order chi connectivity index (χ1) is 7.03. The predicted molar refractivity (Wildman–Crippen MR) is 48.3 cm³/mol. The summed E-state index contributed by atoms with van der Waals surface area (Å²) in [6.07, 6.45) is -3.76. The van der Waals surface area contributed by atoms with Crippen molar-refractivity contribution in [3.05, 3.63) is 23.9 Å². The first-order valence-electron chi connectivity index (χ1n) is 4.36. The Morgan fingerprint density at radius 3 is 2.73 bits per heavy atom. The van der Waals surface area contributed by atoms with Crippen molar-refractivity contribution in [2.24, 2.45) is 5.73 Å². The lowest BCUT2D eigenvalue weighted by Gasteiger charge is -2.10. The maximum Gasteiger partial charge on any atom is 0.392 e. The van der Waals surface area contributed by atoms with Crippen molar-refractivity contribution in [1.82, 2.24) is 4.98 Å². The van der Waals surface area contributed by atoms with Gasteiger partial charge in [0.1, 0.15) is 0 Å². The summed E-state index contributed by atoms with van der Waals surface area (Å²) in [6.45, 7) is -0.247. The second-order valence-corrected chi connectivity index (χ2v) is 2.89. The molecule has 1 rings (SSSR count). The van der Waals surface area contributed by atoms with Crippen LogP contribution in [0.25, 0.3) is 0 Å². The van der Waals surface area contributed by atoms with E-state index in [1.165, 1.54) is 6.20 Å². The van der Waals surface area contributed by atoms with Crippen molar-refractivity contribution in [3.8, 4) is 5.88 Å². The quantitative estimate of drug-likeness (QED) is 0.842. The van der Waals surface area contributed by atoms with Crippen LogP contribution in [0.15, 0.2) is 18.3 Å². The molecule has 0 bridgehead atoms. The summed E-state index contributed by atoms with van der Waals surface area (Å²) >= 11 is 0. The molecule has 0 saturated carbocycles. The van der Waals surface area contributed by atoms with Crippen molar-refractivity contribution in [1.29, 1.82) is 0 Å². The fourth-order valence-electron chi connectivity index (χ4n) is 0.973. The molecule has 0 aliphatic carbocycles. The summed E-state index contributed by atoms with van der Waals surface area (Å²) in [5.41, 5.74) is 5.96. The van der Waals surface area contributed by atoms with Gasteiger partial charge in [-0.25, -0.2) is 4.98 Å². The zero-order valence-electron chi connectivity index (χ0n) is 7.92. The van der Waals surface area contributed by atoms with E-state index >= 15 is 0 Å². The molecule has 3 nitrogen and oxygen atoms in total. The monoisotopic (exact) mass is 220 g/mol. The van der Waals surface area contributed by atoms with Gasteiger partial charge in [0.2, 0.25) is 5.88 Å². The summed E-state index contributed by atoms with van der Waals surface area (Å²) < 4.78 is 40.3. The van der Waals surface area contributed by atoms with E-state index in [2.05, 4.69) is 4.98 Å². The molecule has 1 aromatic heterocycles. The minimum absolute atomic E-state index is 0.171. The van der Waals surface area contributed by atoms with Gasteiger partial charge in [0, 0.05) is 18.3 Å². The standard InChI is InChI=1S/C9H11F3N2O/c10-9(11,12)3-5-15-8-7(6-13)2-1-4-14-8/h1-2,4H,3,5-6,13H2. The average Bonchev–Trinajstić information content (AvgIpc) is 2.16. The lowest BCUT2D eigenvalue weighted by Crippen LogP contribution is -2.14. The van der Waals surface area contributed by atoms with Crippen molar-refractivity contribution < 1.29 is 17.9 Å². The van der Waals surface area contributed by atoms with Crippen LogP contribution in [0.2, 0.25) is 0 Å². The second kappa shape index (κ2) is 4.97. The molecule has 6 heteroatoms. The molecule has 0 aliphatic heterocycles. The highest BCUT2D eigenvalue weighted by Crippen LogP contribution is 2.20. The van der Waals surface area contributed by atoms with Crippen LogP contribution in [0.3, 0.4) is 0 Å². The molecule has 0 unspecified atom stereocenters. The van der Waals surface area contributed by atoms with Crippen LogP contribution in [-0.4, -0.2) is 17.8 Å². The van der Waals surface area contributed by atoms with Crippen molar-refractivity contribution in [2.45, 2.75) is 19.1 Å². The predicted octanol–water partition coefficient (Wildman–Crippen LogP) is 1.87. The van der Waals surface area contributed by atoms with E-state index in [1.54, 1.807) is 12.1 Å². The molecule has 0 saturated heterocycles. The Hall–Kier alpha value is -1.30. The van der Waals surface area contributed by atoms with Crippen LogP contribution in [0.4, 0.5) is 13.2 Å². The van der Waals surface area contributed by atoms with Crippen LogP contribution >= 0.6 is 0 Å². The number of ether oxygens (including phenoxy) is 1. The third-order valence-corrected chi connectivity index (χ3v) is 1.69. The van der Waals surface area contributed by atoms with Gasteiger partial charge in [-0.3, -0.25) is 0 Å². The van der Waals surface area contributed by atoms with E-state index in [4.69, 9.17) is 10.5 Å². The summed E-state index contributed by atoms with van der Waals surface area (Å²) in [6, 6.07) is 3.31. The zero-order chi connectivity index (χ0) is 11.3. The van der Waals surface area contributed by atoms with Gasteiger partial charge in [0.25, 0.3) is 0 Å². The highest BCUT2D eigenvalue weighted by atomic mass is 19.4. The Balaban J connectivity index is 2.50. The van der Waals surface area contributed by atoms with Crippen molar-refractivity contribution in [2.75, 3.05) is 6.61 Å². The Morgan fingerprint density at radius 1 is 1.40 bits per heavy atom. The third-order valence-electron chi connectivity index (χ3n) is 1.69. The normalized spacial score (nSPS) is 11.5. The van der Waals surface area contributed by atoms with E-state index in [1.807, 2.05) is 0 Å². The highest BCUT2D eigenvalue weighted by Gasteiger charge is 2.27. The van der Waals surface area contributed by atoms with Gasteiger partial charge in [-0.15, -0.1) is 0 Å². The number of nitrogens with two attached hydrogens (primary N) is 1. The van der Waals surface area contributed by atoms with Crippen LogP contribution in [0, 0.1) is 0 Å². The number of rotatable bonds is 4. The molecule has 0 radical (unpaired) electrons. The smallest absolute Gasteiger partial charge is 0.392 e. The molecule has 2 N–H and O–H groups in total. The Morgan fingerprint density at radius 2 is 2.13 bits per heavy atom. The van der Waals surface area contributed by atoms with E-state index < -0.39 is 19.2 Å². The molecule has 0 atom stereocenters. The number of pyridine rings is 1. The first kappa shape index (κ1) is 11.8. The van der Waals surface area contributed by atoms with Gasteiger partial charge in [-0.1, -0.05) is 6.07 Å². The molecule has 0 amide bonds. The molecule has 0 aromatic carbocycles. The van der Waals surface area contributed by atoms with Crippen LogP contribution < -0.4 is 10.5 Å². The number of halogens is 3. The fraction of sp³-hybridized carbons (Fsp3) is 0.444. The SMILES string of the molecule is NCc1cccnc1OCCC(F)(F)F. The fourth-order valence-corrected chi connectivity index (χ4v) is 0.973. The van der Waals surface area contributed by atoms with Gasteiger partial charge in [0.15, 0.2) is 0 Å². The summed E-state index contributed by atoms with van der Waals surface area (Å²) in [4.78, 5) is 3.80. The molecule has 0 spiro atoms. The number of hydrogen-bond acceptors (Lipinski definition) is 3. The number of aromatic nitrogens is 1. The molecule has 0 fully saturated rings. The molecule has 0 aliphatic rings. The molecular formula is C9H11F3N2O. The summed E-state index contributed by atoms with van der Waals surface area (Å²) in [7, 11) is 0. The van der Waals surface area contributed by atoms with Crippen molar-refractivity contribution in [3.63, 3.8) is 0 Å². The van der Waals surface area contributed by atoms with Gasteiger partial charge in [0.05, 0.1) is 13.0 Å². The van der Waals surface area contributed by atoms with Gasteiger partial charge < -0.3 is 10.5 Å². The minimum Gasteiger partial charge on any atom is -0.477 e. The van der Waals surface area contributed by atoms with E-state index in [-0.39, 0.29) is 12.4 Å². The zero-order valence-corrected chi connectivity index (χ0v) is 7.92. The van der Waals surface area contributed by atoms with Crippen LogP contribution in [0.1, 0.15) is 12.0 Å². The number of alkyl halides is 3. The molecule has 84 valence electrons. The molecular weight excluding hydrogens is 209 g/mol. The Kier molecular flexibility index (Phi) is 3.90. The lowest BCUT2D eigenvalue weighted by molar-refractivity contribution is -0.139. The van der Waals surface area contributed by atoms with Gasteiger partial charge >= 0.3 is 6.18 Å². The van der Waals surface area contributed by atoms with Gasteiger partial charge in [-0.05, 0) is 6.07 Å². The maximum atomic E-state index is 11.8. The van der Waals surface area contributed by atoms with E-state index in [0.717, 1.165) is 0 Å². The van der Waals surface area contributed by atoms with Gasteiger partial charge in [-0.2, -0.15) is 13.2 Å². The highest BCUT2D eigenvalue weighted by molar-refractivity contribution is 5.24. The molecule has 15 heavy (non-hydrogen) atoms. The van der Waals surface area contributed by atoms with E-state index in [0.29, 0.717) is 5.56 Å². The lowest BCUT2D eigenvalue weighted by atomic mass is 10.3. The number of hydrogen-bond donors (Lipinski definition) is 1. The van der Waals surface area contributed by atoms with Crippen molar-refractivity contribution >= 4 is 0 Å². The second-order valence-electron chi connectivity index (χ2n) is 2.89. The van der Waals surface area contributed by atoms with Crippen LogP contribution in [0.5, 0.6) is 5.88 Å². The topological polar surface area (TPSA) is 48.1 Å². The third kappa shape index (κ3) is 4.16. The average molecular weight is 220 g/mol. The van der Waals surface area contributed by atoms with Crippen LogP contribution in [-0.2, 0) is 6.54 Å². The van der Waals surface area contributed by atoms with E-state index in [9.17, 15) is 13.2 Å². The summed E-state index contributed by atoms with van der Waals surface area (Å²) in [5, 5.41) is 0. The summed E-state index contributed by atoms with van der Waals surface area (Å²) in [5.74, 6) is 0.171. The minimum atomic E-state index is -4.21. The molecule has 1 heterocycles. The maximum absolute atomic E-state index is 11.8. The number of nitrogens with zero attached hydrogens (tertiary/aromatic N) is 1. The first-order valence-corrected chi connectivity index (χ1v) is 4.36. The Labute approximate surface area is 85.1 Å². The molecule has 1 aromatic rings. The Bertz CT molecular complexity index is 314. The largest absolute Gasteiger partial charge is 0.477 e.